The second-order valence-corrected chi connectivity index (χ2v) is 6.34. The Morgan fingerprint density at radius 1 is 1.07 bits per heavy atom. The molecule has 0 radical (unpaired) electrons. The van der Waals surface area contributed by atoms with Gasteiger partial charge in [0.15, 0.2) is 0 Å². The Labute approximate surface area is 156 Å². The molecule has 1 amide bonds. The number of hydrogen-bond acceptors (Lipinski definition) is 4. The number of aromatic hydroxyl groups is 1. The number of carbonyl (C=O) groups excluding carboxylic acids is 1. The molecule has 27 heavy (non-hydrogen) atoms. The van der Waals surface area contributed by atoms with Crippen molar-refractivity contribution in [2.45, 2.75) is 6.54 Å². The number of phenols is 1. The maximum absolute atomic E-state index is 12.7. The fourth-order valence-electron chi connectivity index (χ4n) is 2.98. The molecule has 6 heteroatoms. The minimum Gasteiger partial charge on any atom is -0.507 e. The van der Waals surface area contributed by atoms with Crippen LogP contribution in [0.15, 0.2) is 66.7 Å². The van der Waals surface area contributed by atoms with Crippen LogP contribution in [-0.4, -0.2) is 38.1 Å². The summed E-state index contributed by atoms with van der Waals surface area (Å²) in [6, 6.07) is 20.3. The molecule has 4 rings (SSSR count). The lowest BCUT2D eigenvalue weighted by molar-refractivity contribution is 0.0777. The standard InChI is InChI=1S/C21H18N4O2/c1-25(13-15-11-10-14-6-2-4-8-17(14)22-15)21(27)19-12-18(23-24-19)16-7-3-5-9-20(16)26/h2-12,26H,13H2,1H3,(H,23,24). The van der Waals surface area contributed by atoms with Crippen LogP contribution in [0.3, 0.4) is 0 Å². The summed E-state index contributed by atoms with van der Waals surface area (Å²) in [6.07, 6.45) is 0. The predicted molar refractivity (Wildman–Crippen MR) is 103 cm³/mol. The highest BCUT2D eigenvalue weighted by atomic mass is 16.3. The van der Waals surface area contributed by atoms with Gasteiger partial charge in [-0.05, 0) is 30.3 Å². The first-order valence-corrected chi connectivity index (χ1v) is 8.56. The molecule has 0 fully saturated rings. The number of nitrogens with one attached hydrogen (secondary N) is 1. The normalized spacial score (nSPS) is 10.9. The number of aromatic amines is 1. The number of H-pyrrole nitrogens is 1. The van der Waals surface area contributed by atoms with Crippen molar-refractivity contribution in [1.29, 1.82) is 0 Å². The molecule has 4 aromatic rings. The van der Waals surface area contributed by atoms with E-state index in [1.165, 1.54) is 0 Å². The number of pyridine rings is 1. The summed E-state index contributed by atoms with van der Waals surface area (Å²) in [5, 5.41) is 17.9. The van der Waals surface area contributed by atoms with E-state index in [0.29, 0.717) is 23.5 Å². The Hall–Kier alpha value is -3.67. The van der Waals surface area contributed by atoms with E-state index in [4.69, 9.17) is 0 Å². The van der Waals surface area contributed by atoms with Crippen molar-refractivity contribution in [3.8, 4) is 17.0 Å². The summed E-state index contributed by atoms with van der Waals surface area (Å²) in [6.45, 7) is 0.384. The predicted octanol–water partition coefficient (Wildman–Crippen LogP) is 3.60. The van der Waals surface area contributed by atoms with Gasteiger partial charge in [-0.3, -0.25) is 14.9 Å². The van der Waals surface area contributed by atoms with Crippen LogP contribution in [0.1, 0.15) is 16.2 Å². The lowest BCUT2D eigenvalue weighted by atomic mass is 10.1. The first kappa shape index (κ1) is 16.8. The van der Waals surface area contributed by atoms with Gasteiger partial charge in [0.05, 0.1) is 23.4 Å². The Balaban J connectivity index is 1.53. The van der Waals surface area contributed by atoms with Gasteiger partial charge in [-0.25, -0.2) is 0 Å². The molecule has 0 spiro atoms. The van der Waals surface area contributed by atoms with Gasteiger partial charge in [-0.15, -0.1) is 0 Å². The van der Waals surface area contributed by atoms with E-state index in [0.717, 1.165) is 16.6 Å². The molecule has 2 heterocycles. The summed E-state index contributed by atoms with van der Waals surface area (Å²) in [4.78, 5) is 18.9. The molecule has 2 aromatic carbocycles. The number of rotatable bonds is 4. The highest BCUT2D eigenvalue weighted by Gasteiger charge is 2.17. The summed E-state index contributed by atoms with van der Waals surface area (Å²) >= 11 is 0. The van der Waals surface area contributed by atoms with E-state index in [1.807, 2.05) is 42.5 Å². The number of nitrogens with zero attached hydrogens (tertiary/aromatic N) is 3. The molecular weight excluding hydrogens is 340 g/mol. The van der Waals surface area contributed by atoms with E-state index in [2.05, 4.69) is 15.2 Å². The molecule has 0 aliphatic carbocycles. The zero-order valence-corrected chi connectivity index (χ0v) is 14.8. The van der Waals surface area contributed by atoms with Gasteiger partial charge in [-0.1, -0.05) is 36.4 Å². The van der Waals surface area contributed by atoms with E-state index < -0.39 is 0 Å². The largest absolute Gasteiger partial charge is 0.507 e. The van der Waals surface area contributed by atoms with Crippen LogP contribution >= 0.6 is 0 Å². The zero-order valence-electron chi connectivity index (χ0n) is 14.8. The van der Waals surface area contributed by atoms with Crippen molar-refractivity contribution < 1.29 is 9.90 Å². The van der Waals surface area contributed by atoms with Gasteiger partial charge < -0.3 is 10.0 Å². The summed E-state index contributed by atoms with van der Waals surface area (Å²) < 4.78 is 0. The lowest BCUT2D eigenvalue weighted by Gasteiger charge is -2.15. The molecule has 0 atom stereocenters. The molecule has 0 saturated carbocycles. The third kappa shape index (κ3) is 3.37. The number of para-hydroxylation sites is 2. The molecule has 134 valence electrons. The third-order valence-corrected chi connectivity index (χ3v) is 4.39. The first-order chi connectivity index (χ1) is 13.1. The van der Waals surface area contributed by atoms with E-state index >= 15 is 0 Å². The summed E-state index contributed by atoms with van der Waals surface area (Å²) in [5.41, 5.74) is 3.17. The van der Waals surface area contributed by atoms with Crippen LogP contribution in [0.4, 0.5) is 0 Å². The van der Waals surface area contributed by atoms with Crippen LogP contribution in [-0.2, 0) is 6.54 Å². The summed E-state index contributed by atoms with van der Waals surface area (Å²) in [7, 11) is 1.72. The van der Waals surface area contributed by atoms with Crippen molar-refractivity contribution in [1.82, 2.24) is 20.1 Å². The fraction of sp³-hybridized carbons (Fsp3) is 0.0952. The minimum absolute atomic E-state index is 0.122. The second-order valence-electron chi connectivity index (χ2n) is 6.34. The molecule has 2 N–H and O–H groups in total. The summed E-state index contributed by atoms with van der Waals surface area (Å²) in [5.74, 6) is -0.0733. The van der Waals surface area contributed by atoms with Crippen LogP contribution in [0, 0.1) is 0 Å². The van der Waals surface area contributed by atoms with Crippen LogP contribution < -0.4 is 0 Å². The van der Waals surface area contributed by atoms with Crippen LogP contribution in [0.25, 0.3) is 22.2 Å². The monoisotopic (exact) mass is 358 g/mol. The van der Waals surface area contributed by atoms with Gasteiger partial charge in [0.2, 0.25) is 0 Å². The molecule has 6 nitrogen and oxygen atoms in total. The second kappa shape index (κ2) is 6.92. The minimum atomic E-state index is -0.195. The molecular formula is C21H18N4O2. The first-order valence-electron chi connectivity index (χ1n) is 8.56. The fourth-order valence-corrected chi connectivity index (χ4v) is 2.98. The highest BCUT2D eigenvalue weighted by Crippen LogP contribution is 2.27. The quantitative estimate of drug-likeness (QED) is 0.584. The third-order valence-electron chi connectivity index (χ3n) is 4.39. The number of carbonyl (C=O) groups is 1. The van der Waals surface area contributed by atoms with Crippen molar-refractivity contribution in [3.05, 3.63) is 78.1 Å². The molecule has 0 aliphatic rings. The molecule has 0 unspecified atom stereocenters. The highest BCUT2D eigenvalue weighted by molar-refractivity contribution is 5.93. The Morgan fingerprint density at radius 3 is 2.70 bits per heavy atom. The number of phenolic OH excluding ortho intramolecular Hbond substituents is 1. The number of amides is 1. The van der Waals surface area contributed by atoms with E-state index in [1.54, 1.807) is 36.2 Å². The van der Waals surface area contributed by atoms with Gasteiger partial charge in [0.25, 0.3) is 5.91 Å². The zero-order chi connectivity index (χ0) is 18.8. The SMILES string of the molecule is CN(Cc1ccc2ccccc2n1)C(=O)c1cc(-c2ccccc2O)n[nH]1. The molecule has 0 bridgehead atoms. The average molecular weight is 358 g/mol. The molecule has 0 aliphatic heterocycles. The van der Waals surface area contributed by atoms with Gasteiger partial charge in [0.1, 0.15) is 11.4 Å². The smallest absolute Gasteiger partial charge is 0.271 e. The van der Waals surface area contributed by atoms with Crippen molar-refractivity contribution in [3.63, 3.8) is 0 Å². The van der Waals surface area contributed by atoms with Crippen molar-refractivity contribution in [2.75, 3.05) is 7.05 Å². The number of hydrogen-bond donors (Lipinski definition) is 2. The number of benzene rings is 2. The average Bonchev–Trinajstić information content (AvgIpc) is 3.17. The van der Waals surface area contributed by atoms with E-state index in [9.17, 15) is 9.90 Å². The lowest BCUT2D eigenvalue weighted by Crippen LogP contribution is -2.26. The maximum atomic E-state index is 12.7. The molecule has 2 aromatic heterocycles. The van der Waals surface area contributed by atoms with Crippen LogP contribution in [0.2, 0.25) is 0 Å². The van der Waals surface area contributed by atoms with Gasteiger partial charge in [0, 0.05) is 18.0 Å². The Kier molecular flexibility index (Phi) is 4.30. The van der Waals surface area contributed by atoms with Gasteiger partial charge >= 0.3 is 0 Å². The van der Waals surface area contributed by atoms with Crippen molar-refractivity contribution in [2.24, 2.45) is 0 Å². The van der Waals surface area contributed by atoms with Crippen molar-refractivity contribution >= 4 is 16.8 Å². The Bertz CT molecular complexity index is 1120. The maximum Gasteiger partial charge on any atom is 0.271 e. The number of aromatic nitrogens is 3. The molecule has 0 saturated heterocycles. The van der Waals surface area contributed by atoms with Gasteiger partial charge in [-0.2, -0.15) is 5.10 Å². The Morgan fingerprint density at radius 2 is 1.85 bits per heavy atom. The van der Waals surface area contributed by atoms with E-state index in [-0.39, 0.29) is 11.7 Å². The number of fused-ring (bicyclic) bond motifs is 1. The van der Waals surface area contributed by atoms with Crippen LogP contribution in [0.5, 0.6) is 5.75 Å². The topological polar surface area (TPSA) is 82.1 Å².